The van der Waals surface area contributed by atoms with Gasteiger partial charge in [-0.2, -0.15) is 0 Å². The first-order valence-electron chi connectivity index (χ1n) is 12.8. The Hall–Kier alpha value is -3.14. The van der Waals surface area contributed by atoms with Gasteiger partial charge in [-0.3, -0.25) is 13.9 Å². The summed E-state index contributed by atoms with van der Waals surface area (Å²) in [7, 11) is -3.70. The zero-order valence-corrected chi connectivity index (χ0v) is 24.6. The van der Waals surface area contributed by atoms with Gasteiger partial charge in [0, 0.05) is 48.1 Å². The van der Waals surface area contributed by atoms with E-state index < -0.39 is 21.9 Å². The quantitative estimate of drug-likeness (QED) is 0.280. The highest BCUT2D eigenvalue weighted by Gasteiger charge is 2.31. The summed E-state index contributed by atoms with van der Waals surface area (Å²) in [6.07, 6.45) is 1.41. The van der Waals surface area contributed by atoms with E-state index in [1.54, 1.807) is 25.1 Å². The van der Waals surface area contributed by atoms with Crippen molar-refractivity contribution in [3.63, 3.8) is 0 Å². The van der Waals surface area contributed by atoms with Crippen LogP contribution in [0.5, 0.6) is 0 Å². The predicted molar refractivity (Wildman–Crippen MR) is 157 cm³/mol. The Balaban J connectivity index is 1.90. The fraction of sp³-hybridized carbons (Fsp3) is 0.310. The highest BCUT2D eigenvalue weighted by molar-refractivity contribution is 7.92. The molecule has 0 aliphatic heterocycles. The predicted octanol–water partition coefficient (Wildman–Crippen LogP) is 5.45. The zero-order valence-electron chi connectivity index (χ0n) is 22.3. The van der Waals surface area contributed by atoms with Gasteiger partial charge in [-0.1, -0.05) is 59.6 Å². The van der Waals surface area contributed by atoms with E-state index in [2.05, 4.69) is 5.32 Å². The van der Waals surface area contributed by atoms with E-state index in [1.807, 2.05) is 30.3 Å². The zero-order chi connectivity index (χ0) is 29.3. The number of sulfonamides is 1. The largest absolute Gasteiger partial charge is 0.355 e. The number of amides is 2. The number of carbonyl (C=O) groups excluding carboxylic acids is 2. The molecule has 40 heavy (non-hydrogen) atoms. The summed E-state index contributed by atoms with van der Waals surface area (Å²) in [6.45, 7) is 2.14. The van der Waals surface area contributed by atoms with Gasteiger partial charge in [-0.25, -0.2) is 12.8 Å². The van der Waals surface area contributed by atoms with Crippen LogP contribution in [0.1, 0.15) is 30.9 Å². The first kappa shape index (κ1) is 31.4. The number of likely N-dealkylation sites (N-methyl/N-ethyl adjacent to an activating group) is 1. The van der Waals surface area contributed by atoms with Gasteiger partial charge in [0.15, 0.2) is 0 Å². The number of hydrogen-bond donors (Lipinski definition) is 1. The monoisotopic (exact) mass is 607 g/mol. The van der Waals surface area contributed by atoms with Crippen LogP contribution in [0.4, 0.5) is 10.1 Å². The van der Waals surface area contributed by atoms with Gasteiger partial charge in [0.05, 0.1) is 11.9 Å². The van der Waals surface area contributed by atoms with Crippen molar-refractivity contribution in [2.75, 3.05) is 23.7 Å². The summed E-state index contributed by atoms with van der Waals surface area (Å²) < 4.78 is 39.5. The van der Waals surface area contributed by atoms with Crippen LogP contribution in [0, 0.1) is 5.82 Å². The SMILES string of the molecule is CCNC(=O)[C@@H](Cc1ccccc1)N(Cc1c(Cl)cccc1Cl)C(=O)CCCN(c1ccc(F)cc1)S(C)(=O)=O. The molecule has 11 heteroatoms. The molecule has 3 aromatic carbocycles. The van der Waals surface area contributed by atoms with Crippen molar-refractivity contribution in [2.24, 2.45) is 0 Å². The van der Waals surface area contributed by atoms with E-state index in [0.29, 0.717) is 27.8 Å². The molecule has 0 fully saturated rings. The van der Waals surface area contributed by atoms with Gasteiger partial charge in [0.2, 0.25) is 21.8 Å². The second kappa shape index (κ2) is 14.5. The van der Waals surface area contributed by atoms with Gasteiger partial charge in [0.1, 0.15) is 11.9 Å². The highest BCUT2D eigenvalue weighted by atomic mass is 35.5. The van der Waals surface area contributed by atoms with Crippen molar-refractivity contribution < 1.29 is 22.4 Å². The van der Waals surface area contributed by atoms with Crippen LogP contribution in [-0.4, -0.2) is 50.5 Å². The van der Waals surface area contributed by atoms with E-state index in [-0.39, 0.29) is 44.2 Å². The van der Waals surface area contributed by atoms with Crippen LogP contribution in [0.15, 0.2) is 72.8 Å². The molecule has 0 saturated heterocycles. The lowest BCUT2D eigenvalue weighted by Crippen LogP contribution is -2.50. The Kier molecular flexibility index (Phi) is 11.4. The number of benzene rings is 3. The second-order valence-electron chi connectivity index (χ2n) is 9.24. The lowest BCUT2D eigenvalue weighted by Gasteiger charge is -2.32. The Labute approximate surface area is 244 Å². The Bertz CT molecular complexity index is 1390. The molecule has 1 atom stereocenters. The second-order valence-corrected chi connectivity index (χ2v) is 12.0. The number of hydrogen-bond acceptors (Lipinski definition) is 4. The fourth-order valence-electron chi connectivity index (χ4n) is 4.31. The topological polar surface area (TPSA) is 86.8 Å². The van der Waals surface area contributed by atoms with Crippen LogP contribution in [0.2, 0.25) is 10.0 Å². The molecule has 0 unspecified atom stereocenters. The molecule has 214 valence electrons. The van der Waals surface area contributed by atoms with Crippen LogP contribution in [-0.2, 0) is 32.6 Å². The third kappa shape index (κ3) is 8.68. The molecule has 0 aliphatic carbocycles. The van der Waals surface area contributed by atoms with Crippen LogP contribution in [0.25, 0.3) is 0 Å². The molecular weight excluding hydrogens is 576 g/mol. The maximum Gasteiger partial charge on any atom is 0.243 e. The number of carbonyl (C=O) groups is 2. The van der Waals surface area contributed by atoms with Crippen molar-refractivity contribution in [1.82, 2.24) is 10.2 Å². The molecule has 1 N–H and O–H groups in total. The van der Waals surface area contributed by atoms with Gasteiger partial charge in [0.25, 0.3) is 0 Å². The summed E-state index contributed by atoms with van der Waals surface area (Å²) in [5, 5.41) is 3.54. The molecule has 0 bridgehead atoms. The van der Waals surface area contributed by atoms with Gasteiger partial charge in [-0.05, 0) is 55.3 Å². The van der Waals surface area contributed by atoms with Crippen LogP contribution >= 0.6 is 23.2 Å². The lowest BCUT2D eigenvalue weighted by molar-refractivity contribution is -0.141. The van der Waals surface area contributed by atoms with Crippen LogP contribution < -0.4 is 9.62 Å². The van der Waals surface area contributed by atoms with E-state index in [1.165, 1.54) is 29.2 Å². The standard InChI is InChI=1S/C29H32Cl2FN3O4S/c1-3-33-29(37)27(19-21-9-5-4-6-10-21)34(20-24-25(30)11-7-12-26(24)31)28(36)13-8-18-35(40(2,38)39)23-16-14-22(32)15-17-23/h4-7,9-12,14-17,27H,3,8,13,18-20H2,1-2H3,(H,33,37)/t27-/m1/s1. The molecule has 0 aliphatic rings. The third-order valence-electron chi connectivity index (χ3n) is 6.28. The Morgan fingerprint density at radius 1 is 0.950 bits per heavy atom. The minimum Gasteiger partial charge on any atom is -0.355 e. The Morgan fingerprint density at radius 2 is 1.57 bits per heavy atom. The summed E-state index contributed by atoms with van der Waals surface area (Å²) in [4.78, 5) is 28.5. The summed E-state index contributed by atoms with van der Waals surface area (Å²) in [5.41, 5.74) is 1.66. The molecule has 7 nitrogen and oxygen atoms in total. The lowest BCUT2D eigenvalue weighted by atomic mass is 10.0. The van der Waals surface area contributed by atoms with Crippen molar-refractivity contribution in [3.05, 3.63) is 99.8 Å². The minimum atomic E-state index is -3.70. The highest BCUT2D eigenvalue weighted by Crippen LogP contribution is 2.28. The first-order valence-corrected chi connectivity index (χ1v) is 15.4. The Morgan fingerprint density at radius 3 is 2.15 bits per heavy atom. The van der Waals surface area contributed by atoms with Gasteiger partial charge < -0.3 is 10.2 Å². The number of anilines is 1. The summed E-state index contributed by atoms with van der Waals surface area (Å²) in [5.74, 6) is -1.18. The molecule has 3 aromatic rings. The molecule has 3 rings (SSSR count). The average molecular weight is 609 g/mol. The van der Waals surface area contributed by atoms with Crippen molar-refractivity contribution in [3.8, 4) is 0 Å². The van der Waals surface area contributed by atoms with E-state index >= 15 is 0 Å². The van der Waals surface area contributed by atoms with Crippen molar-refractivity contribution in [2.45, 2.75) is 38.8 Å². The van der Waals surface area contributed by atoms with E-state index in [9.17, 15) is 22.4 Å². The number of nitrogens with one attached hydrogen (secondary N) is 1. The molecule has 0 radical (unpaired) electrons. The van der Waals surface area contributed by atoms with E-state index in [4.69, 9.17) is 23.2 Å². The molecule has 0 heterocycles. The van der Waals surface area contributed by atoms with Gasteiger partial charge in [-0.15, -0.1) is 0 Å². The summed E-state index contributed by atoms with van der Waals surface area (Å²) in [6, 6.07) is 18.6. The summed E-state index contributed by atoms with van der Waals surface area (Å²) >= 11 is 12.9. The molecule has 0 spiro atoms. The molecular formula is C29H32Cl2FN3O4S. The fourth-order valence-corrected chi connectivity index (χ4v) is 5.79. The van der Waals surface area contributed by atoms with Crippen molar-refractivity contribution in [1.29, 1.82) is 0 Å². The minimum absolute atomic E-state index is 0.0125. The maximum atomic E-state index is 13.8. The molecule has 0 saturated carbocycles. The average Bonchev–Trinajstić information content (AvgIpc) is 2.90. The van der Waals surface area contributed by atoms with Crippen molar-refractivity contribution >= 4 is 50.7 Å². The maximum absolute atomic E-state index is 13.8. The molecule has 0 aromatic heterocycles. The number of rotatable bonds is 13. The number of nitrogens with zero attached hydrogens (tertiary/aromatic N) is 2. The van der Waals surface area contributed by atoms with E-state index in [0.717, 1.165) is 16.1 Å². The molecule has 2 amide bonds. The first-order chi connectivity index (χ1) is 19.0. The third-order valence-corrected chi connectivity index (χ3v) is 8.18. The van der Waals surface area contributed by atoms with Crippen LogP contribution in [0.3, 0.4) is 0 Å². The number of halogens is 3. The smallest absolute Gasteiger partial charge is 0.243 e. The van der Waals surface area contributed by atoms with Gasteiger partial charge >= 0.3 is 0 Å². The normalized spacial score (nSPS) is 12.0.